The zero-order valence-electron chi connectivity index (χ0n) is 10.2. The number of hydrogen-bond acceptors (Lipinski definition) is 7. The molecule has 1 aromatic heterocycles. The average Bonchev–Trinajstić information content (AvgIpc) is 2.82. The Kier molecular flexibility index (Phi) is 4.05. The Hall–Kier alpha value is -1.61. The lowest BCUT2D eigenvalue weighted by Crippen LogP contribution is -2.64. The third-order valence-electron chi connectivity index (χ3n) is 2.50. The molecule has 0 spiro atoms. The number of benzene rings is 1. The van der Waals surface area contributed by atoms with Crippen molar-refractivity contribution in [1.29, 1.82) is 0 Å². The fourth-order valence-electron chi connectivity index (χ4n) is 1.63. The molecule has 0 bridgehead atoms. The summed E-state index contributed by atoms with van der Waals surface area (Å²) in [4.78, 5) is 10.7. The molecular formula is C11H12N4O3S-2. The normalized spacial score (nSPS) is 11.7. The van der Waals surface area contributed by atoms with Crippen LogP contribution in [0.2, 0.25) is 0 Å². The van der Waals surface area contributed by atoms with Crippen molar-refractivity contribution in [2.24, 2.45) is 0 Å². The van der Waals surface area contributed by atoms with Crippen LogP contribution in [-0.2, 0) is 10.7 Å². The largest absolute Gasteiger partial charge is 0.848 e. The predicted octanol–water partition coefficient (Wildman–Crippen LogP) is -1.75. The fourth-order valence-corrected chi connectivity index (χ4v) is 2.18. The van der Waals surface area contributed by atoms with E-state index in [9.17, 15) is 15.0 Å². The number of rotatable bonds is 5. The summed E-state index contributed by atoms with van der Waals surface area (Å²) in [5.41, 5.74) is 0.869. The predicted molar refractivity (Wildman–Crippen MR) is 65.8 cm³/mol. The van der Waals surface area contributed by atoms with Gasteiger partial charge in [-0.3, -0.25) is 4.79 Å². The van der Waals surface area contributed by atoms with Gasteiger partial charge in [0.25, 0.3) is 0 Å². The van der Waals surface area contributed by atoms with Crippen LogP contribution in [-0.4, -0.2) is 27.7 Å². The number of carbonyl (C=O) groups excluding carboxylic acids is 1. The first kappa shape index (κ1) is 13.8. The first-order chi connectivity index (χ1) is 9.00. The van der Waals surface area contributed by atoms with Gasteiger partial charge in [-0.25, -0.2) is 0 Å². The van der Waals surface area contributed by atoms with Crippen molar-refractivity contribution in [3.05, 3.63) is 23.8 Å². The Labute approximate surface area is 113 Å². The second kappa shape index (κ2) is 5.57. The number of fused-ring (bicyclic) bond motifs is 1. The van der Waals surface area contributed by atoms with Gasteiger partial charge >= 0.3 is 0 Å². The van der Waals surface area contributed by atoms with E-state index in [1.54, 1.807) is 12.1 Å². The Morgan fingerprint density at radius 2 is 2.16 bits per heavy atom. The highest BCUT2D eigenvalue weighted by molar-refractivity contribution is 7.00. The standard InChI is InChI=1S/C11H12N4O3S/c1-7(16)12-5-6-13-11(17,18)8-3-2-4-9-10(8)15-19-14-9/h2-4,13H,5-6H2,1H3,(H,12,16)/q-2. The highest BCUT2D eigenvalue weighted by Crippen LogP contribution is 2.20. The summed E-state index contributed by atoms with van der Waals surface area (Å²) in [5.74, 6) is -2.93. The number of aromatic nitrogens is 2. The van der Waals surface area contributed by atoms with Crippen molar-refractivity contribution in [2.75, 3.05) is 13.1 Å². The van der Waals surface area contributed by atoms with Gasteiger partial charge in [-0.1, -0.05) is 12.1 Å². The molecule has 2 rings (SSSR count). The van der Waals surface area contributed by atoms with Crippen molar-refractivity contribution in [3.63, 3.8) is 0 Å². The van der Waals surface area contributed by atoms with Crippen molar-refractivity contribution < 1.29 is 15.0 Å². The number of nitrogens with one attached hydrogen (secondary N) is 2. The van der Waals surface area contributed by atoms with Crippen LogP contribution in [0.3, 0.4) is 0 Å². The van der Waals surface area contributed by atoms with Crippen LogP contribution >= 0.6 is 11.7 Å². The Bertz CT molecular complexity index is 584. The summed E-state index contributed by atoms with van der Waals surface area (Å²) in [6, 6.07) is 4.73. The molecule has 0 aliphatic carbocycles. The van der Waals surface area contributed by atoms with Crippen LogP contribution in [0.5, 0.6) is 0 Å². The average molecular weight is 280 g/mol. The van der Waals surface area contributed by atoms with Crippen molar-refractivity contribution in [1.82, 2.24) is 19.4 Å². The monoisotopic (exact) mass is 280 g/mol. The summed E-state index contributed by atoms with van der Waals surface area (Å²) < 4.78 is 7.94. The minimum atomic E-state index is -2.71. The zero-order chi connectivity index (χ0) is 13.9. The molecule has 102 valence electrons. The Morgan fingerprint density at radius 1 is 1.37 bits per heavy atom. The molecule has 1 aromatic carbocycles. The van der Waals surface area contributed by atoms with Gasteiger partial charge in [0.2, 0.25) is 5.91 Å². The summed E-state index contributed by atoms with van der Waals surface area (Å²) in [7, 11) is 0. The van der Waals surface area contributed by atoms with E-state index in [0.717, 1.165) is 11.7 Å². The number of hydrogen-bond donors (Lipinski definition) is 2. The van der Waals surface area contributed by atoms with Crippen LogP contribution in [0.1, 0.15) is 12.5 Å². The second-order valence-electron chi connectivity index (χ2n) is 3.96. The molecule has 7 nitrogen and oxygen atoms in total. The van der Waals surface area contributed by atoms with E-state index in [2.05, 4.69) is 19.4 Å². The molecule has 2 N–H and O–H groups in total. The van der Waals surface area contributed by atoms with Crippen molar-refractivity contribution in [3.8, 4) is 0 Å². The molecule has 19 heavy (non-hydrogen) atoms. The summed E-state index contributed by atoms with van der Waals surface area (Å²) in [6.45, 7) is 1.66. The van der Waals surface area contributed by atoms with E-state index >= 15 is 0 Å². The fraction of sp³-hybridized carbons (Fsp3) is 0.364. The van der Waals surface area contributed by atoms with Crippen LogP contribution in [0, 0.1) is 0 Å². The molecule has 0 aliphatic heterocycles. The molecular weight excluding hydrogens is 268 g/mol. The maximum absolute atomic E-state index is 12.0. The minimum Gasteiger partial charge on any atom is -0.848 e. The number of carbonyl (C=O) groups is 1. The van der Waals surface area contributed by atoms with Crippen molar-refractivity contribution in [2.45, 2.75) is 12.8 Å². The van der Waals surface area contributed by atoms with Crippen LogP contribution in [0.4, 0.5) is 0 Å². The molecule has 0 unspecified atom stereocenters. The topological polar surface area (TPSA) is 113 Å². The summed E-state index contributed by atoms with van der Waals surface area (Å²) >= 11 is 0.953. The van der Waals surface area contributed by atoms with E-state index < -0.39 is 5.91 Å². The Balaban J connectivity index is 2.10. The van der Waals surface area contributed by atoms with Crippen LogP contribution < -0.4 is 20.8 Å². The first-order valence-corrected chi connectivity index (χ1v) is 6.36. The van der Waals surface area contributed by atoms with E-state index in [1.807, 2.05) is 0 Å². The molecule has 2 aromatic rings. The molecule has 0 radical (unpaired) electrons. The van der Waals surface area contributed by atoms with Gasteiger partial charge in [-0.05, 0) is 11.6 Å². The molecule has 1 heterocycles. The molecule has 0 fully saturated rings. The quantitative estimate of drug-likeness (QED) is 0.496. The third kappa shape index (κ3) is 3.24. The second-order valence-corrected chi connectivity index (χ2v) is 4.49. The minimum absolute atomic E-state index is 0.0153. The zero-order valence-corrected chi connectivity index (χ0v) is 11.0. The lowest BCUT2D eigenvalue weighted by molar-refractivity contribution is -0.744. The summed E-state index contributed by atoms with van der Waals surface area (Å²) in [6.07, 6.45) is 0. The lowest BCUT2D eigenvalue weighted by atomic mass is 10.1. The highest BCUT2D eigenvalue weighted by Gasteiger charge is 2.11. The third-order valence-corrected chi connectivity index (χ3v) is 3.04. The molecule has 0 saturated heterocycles. The van der Waals surface area contributed by atoms with Gasteiger partial charge in [0.05, 0.1) is 11.7 Å². The van der Waals surface area contributed by atoms with Gasteiger partial charge in [-0.2, -0.15) is 8.75 Å². The van der Waals surface area contributed by atoms with Gasteiger partial charge in [0.1, 0.15) is 11.0 Å². The van der Waals surface area contributed by atoms with Crippen LogP contribution in [0.15, 0.2) is 18.2 Å². The first-order valence-electron chi connectivity index (χ1n) is 5.63. The highest BCUT2D eigenvalue weighted by atomic mass is 32.1. The van der Waals surface area contributed by atoms with E-state index in [4.69, 9.17) is 0 Å². The Morgan fingerprint density at radius 3 is 2.89 bits per heavy atom. The number of amides is 1. The molecule has 0 aliphatic rings. The van der Waals surface area contributed by atoms with Gasteiger partial charge in [0, 0.05) is 20.0 Å². The SMILES string of the molecule is CC(=O)NCCNC([O-])([O-])c1cccc2nsnc12. The van der Waals surface area contributed by atoms with Gasteiger partial charge < -0.3 is 20.8 Å². The number of nitrogens with zero attached hydrogens (tertiary/aromatic N) is 2. The smallest absolute Gasteiger partial charge is 0.216 e. The molecule has 0 atom stereocenters. The molecule has 1 amide bonds. The maximum Gasteiger partial charge on any atom is 0.216 e. The van der Waals surface area contributed by atoms with E-state index in [-0.39, 0.29) is 24.6 Å². The van der Waals surface area contributed by atoms with Gasteiger partial charge in [0.15, 0.2) is 0 Å². The van der Waals surface area contributed by atoms with Crippen molar-refractivity contribution >= 4 is 28.7 Å². The lowest BCUT2D eigenvalue weighted by Gasteiger charge is -2.49. The molecule has 8 heteroatoms. The van der Waals surface area contributed by atoms with E-state index in [1.165, 1.54) is 13.0 Å². The maximum atomic E-state index is 12.0. The van der Waals surface area contributed by atoms with E-state index in [0.29, 0.717) is 11.0 Å². The molecule has 0 saturated carbocycles. The summed E-state index contributed by atoms with van der Waals surface area (Å²) in [5, 5.41) is 28.9. The van der Waals surface area contributed by atoms with Crippen LogP contribution in [0.25, 0.3) is 11.0 Å². The van der Waals surface area contributed by atoms with Gasteiger partial charge in [-0.15, -0.1) is 5.91 Å².